The Hall–Kier alpha value is -4.00. The molecule has 0 radical (unpaired) electrons. The third-order valence-electron chi connectivity index (χ3n) is 4.83. The molecule has 0 aliphatic rings. The van der Waals surface area contributed by atoms with E-state index in [0.717, 1.165) is 0 Å². The standard InChI is InChI=1S/C11H20O8.2C7H10O5/c12-5-11(6-13,7-14)8(1-2-9(15)16)19-4-3-10(17)18;2*1-3-5(8)11-7(10)12-6(9)4-2/h8,12-14H,1-7H2,(H,15,16)(H,17,18);2*3-4H2,1-2H3. The summed E-state index contributed by atoms with van der Waals surface area (Å²) < 4.78 is 21.4. The summed E-state index contributed by atoms with van der Waals surface area (Å²) in [5.74, 6) is -5.05. The van der Waals surface area contributed by atoms with E-state index in [9.17, 15) is 53.7 Å². The summed E-state index contributed by atoms with van der Waals surface area (Å²) in [6, 6.07) is 0. The van der Waals surface area contributed by atoms with E-state index < -0.39 is 79.5 Å². The zero-order chi connectivity index (χ0) is 34.0. The van der Waals surface area contributed by atoms with E-state index in [-0.39, 0.29) is 51.6 Å². The fourth-order valence-electron chi connectivity index (χ4n) is 2.27. The molecule has 0 saturated heterocycles. The first-order valence-electron chi connectivity index (χ1n) is 12.9. The van der Waals surface area contributed by atoms with Crippen molar-refractivity contribution >= 4 is 48.1 Å². The van der Waals surface area contributed by atoms with Crippen LogP contribution < -0.4 is 0 Å². The lowest BCUT2D eigenvalue weighted by Crippen LogP contribution is -2.47. The van der Waals surface area contributed by atoms with Gasteiger partial charge in [0.25, 0.3) is 0 Å². The van der Waals surface area contributed by atoms with Crippen molar-refractivity contribution in [3.8, 4) is 0 Å². The van der Waals surface area contributed by atoms with Crippen molar-refractivity contribution in [3.63, 3.8) is 0 Å². The third-order valence-corrected chi connectivity index (χ3v) is 4.83. The first kappa shape index (κ1) is 43.5. The molecule has 0 fully saturated rings. The molecule has 1 unspecified atom stereocenters. The molecule has 0 aromatic carbocycles. The summed E-state index contributed by atoms with van der Waals surface area (Å²) in [6.07, 6.45) is -3.81. The van der Waals surface area contributed by atoms with Gasteiger partial charge in [0.05, 0.1) is 44.4 Å². The predicted octanol–water partition coefficient (Wildman–Crippen LogP) is 0.700. The van der Waals surface area contributed by atoms with Crippen molar-refractivity contribution < 1.29 is 87.6 Å². The van der Waals surface area contributed by atoms with Crippen LogP contribution in [0, 0.1) is 5.41 Å². The minimum atomic E-state index is -1.39. The summed E-state index contributed by atoms with van der Waals surface area (Å²) in [7, 11) is 0. The summed E-state index contributed by atoms with van der Waals surface area (Å²) >= 11 is 0. The van der Waals surface area contributed by atoms with E-state index in [1.165, 1.54) is 27.7 Å². The highest BCUT2D eigenvalue weighted by molar-refractivity contribution is 5.88. The number of carbonyl (C=O) groups is 8. The van der Waals surface area contributed by atoms with Crippen molar-refractivity contribution in [1.82, 2.24) is 0 Å². The van der Waals surface area contributed by atoms with Crippen molar-refractivity contribution in [3.05, 3.63) is 0 Å². The number of carboxylic acids is 2. The molecule has 0 spiro atoms. The maximum atomic E-state index is 10.5. The molecule has 0 aliphatic carbocycles. The average molecular weight is 629 g/mol. The minimum Gasteiger partial charge on any atom is -0.481 e. The van der Waals surface area contributed by atoms with Crippen LogP contribution in [0.4, 0.5) is 9.59 Å². The molecule has 0 bridgehead atoms. The van der Waals surface area contributed by atoms with Gasteiger partial charge in [-0.2, -0.15) is 0 Å². The molecular formula is C25H40O18. The van der Waals surface area contributed by atoms with Crippen LogP contribution in [0.25, 0.3) is 0 Å². The van der Waals surface area contributed by atoms with E-state index in [0.29, 0.717) is 0 Å². The van der Waals surface area contributed by atoms with Crippen LogP contribution in [-0.4, -0.2) is 106 Å². The molecule has 0 rings (SSSR count). The largest absolute Gasteiger partial charge is 0.524 e. The molecule has 43 heavy (non-hydrogen) atoms. The highest BCUT2D eigenvalue weighted by atomic mass is 16.8. The maximum absolute atomic E-state index is 10.5. The van der Waals surface area contributed by atoms with Gasteiger partial charge in [0.15, 0.2) is 0 Å². The van der Waals surface area contributed by atoms with Crippen LogP contribution in [0.5, 0.6) is 0 Å². The Morgan fingerprint density at radius 3 is 1.09 bits per heavy atom. The Morgan fingerprint density at radius 1 is 0.558 bits per heavy atom. The molecule has 0 aliphatic heterocycles. The number of carboxylic acid groups (broad SMARTS) is 2. The van der Waals surface area contributed by atoms with Gasteiger partial charge in [-0.1, -0.05) is 27.7 Å². The summed E-state index contributed by atoms with van der Waals surface area (Å²) in [6.45, 7) is 4.11. The van der Waals surface area contributed by atoms with E-state index >= 15 is 0 Å². The summed E-state index contributed by atoms with van der Waals surface area (Å²) in [5, 5.41) is 44.9. The molecule has 0 amide bonds. The van der Waals surface area contributed by atoms with Gasteiger partial charge in [-0.25, -0.2) is 9.59 Å². The Balaban J connectivity index is -0.000000584. The van der Waals surface area contributed by atoms with Crippen molar-refractivity contribution in [1.29, 1.82) is 0 Å². The summed E-state index contributed by atoms with van der Waals surface area (Å²) in [5.41, 5.74) is -1.39. The van der Waals surface area contributed by atoms with E-state index in [1.54, 1.807) is 0 Å². The molecule has 1 atom stereocenters. The van der Waals surface area contributed by atoms with E-state index in [1.807, 2.05) is 0 Å². The number of ether oxygens (including phenoxy) is 5. The SMILES string of the molecule is CCC(=O)OC(=O)OC(=O)CC.CCC(=O)OC(=O)OC(=O)CC.O=C(O)CCOC(CCC(=O)O)C(CO)(CO)CO. The van der Waals surface area contributed by atoms with E-state index in [2.05, 4.69) is 18.9 Å². The van der Waals surface area contributed by atoms with Gasteiger partial charge in [-0.05, 0) is 6.42 Å². The van der Waals surface area contributed by atoms with Gasteiger partial charge < -0.3 is 49.2 Å². The third kappa shape index (κ3) is 23.3. The highest BCUT2D eigenvalue weighted by Gasteiger charge is 2.38. The smallest absolute Gasteiger partial charge is 0.481 e. The Bertz CT molecular complexity index is 816. The second kappa shape index (κ2) is 25.7. The Labute approximate surface area is 246 Å². The molecule has 5 N–H and O–H groups in total. The topological polar surface area (TPSA) is 284 Å². The van der Waals surface area contributed by atoms with Crippen LogP contribution in [0.3, 0.4) is 0 Å². The lowest BCUT2D eigenvalue weighted by Gasteiger charge is -2.36. The molecule has 0 saturated carbocycles. The Kier molecular flexibility index (Phi) is 26.0. The number of hydrogen-bond acceptors (Lipinski definition) is 16. The van der Waals surface area contributed by atoms with Crippen LogP contribution in [0.1, 0.15) is 72.6 Å². The molecule has 0 aromatic heterocycles. The monoisotopic (exact) mass is 628 g/mol. The van der Waals surface area contributed by atoms with Crippen LogP contribution in [-0.2, 0) is 52.5 Å². The normalized spacial score (nSPS) is 10.8. The van der Waals surface area contributed by atoms with Gasteiger partial charge in [0, 0.05) is 32.1 Å². The number of aliphatic hydroxyl groups excluding tert-OH is 3. The number of esters is 4. The number of carbonyl (C=O) groups excluding carboxylic acids is 6. The first-order chi connectivity index (χ1) is 20.1. The second-order valence-electron chi connectivity index (χ2n) is 8.08. The summed E-state index contributed by atoms with van der Waals surface area (Å²) in [4.78, 5) is 83.7. The predicted molar refractivity (Wildman–Crippen MR) is 139 cm³/mol. The van der Waals surface area contributed by atoms with Gasteiger partial charge in [-0.3, -0.25) is 28.8 Å². The number of aliphatic carboxylic acids is 2. The molecular weight excluding hydrogens is 588 g/mol. The molecule has 0 aromatic rings. The van der Waals surface area contributed by atoms with Crippen LogP contribution in [0.2, 0.25) is 0 Å². The van der Waals surface area contributed by atoms with Gasteiger partial charge in [0.2, 0.25) is 0 Å². The second-order valence-corrected chi connectivity index (χ2v) is 8.08. The van der Waals surface area contributed by atoms with Gasteiger partial charge in [-0.15, -0.1) is 0 Å². The van der Waals surface area contributed by atoms with E-state index in [4.69, 9.17) is 14.9 Å². The number of aliphatic hydroxyl groups is 3. The zero-order valence-corrected chi connectivity index (χ0v) is 24.4. The first-order valence-corrected chi connectivity index (χ1v) is 12.9. The van der Waals surface area contributed by atoms with Gasteiger partial charge in [0.1, 0.15) is 0 Å². The minimum absolute atomic E-state index is 0.0450. The Morgan fingerprint density at radius 2 is 0.860 bits per heavy atom. The van der Waals surface area contributed by atoms with Crippen LogP contribution in [0.15, 0.2) is 0 Å². The van der Waals surface area contributed by atoms with Crippen molar-refractivity contribution in [2.45, 2.75) is 78.7 Å². The van der Waals surface area contributed by atoms with Crippen molar-refractivity contribution in [2.24, 2.45) is 5.41 Å². The molecule has 18 nitrogen and oxygen atoms in total. The zero-order valence-electron chi connectivity index (χ0n) is 24.4. The quantitative estimate of drug-likeness (QED) is 0.123. The lowest BCUT2D eigenvalue weighted by molar-refractivity contribution is -0.148. The van der Waals surface area contributed by atoms with Crippen LogP contribution >= 0.6 is 0 Å². The molecule has 248 valence electrons. The maximum Gasteiger partial charge on any atom is 0.524 e. The fraction of sp³-hybridized carbons (Fsp3) is 0.680. The molecule has 18 heteroatoms. The lowest BCUT2D eigenvalue weighted by atomic mass is 9.82. The highest BCUT2D eigenvalue weighted by Crippen LogP contribution is 2.27. The number of rotatable bonds is 15. The molecule has 0 heterocycles. The number of hydrogen-bond donors (Lipinski definition) is 5. The fourth-order valence-corrected chi connectivity index (χ4v) is 2.27. The van der Waals surface area contributed by atoms with Gasteiger partial charge >= 0.3 is 48.1 Å². The van der Waals surface area contributed by atoms with Crippen molar-refractivity contribution in [2.75, 3.05) is 26.4 Å². The average Bonchev–Trinajstić information content (AvgIpc) is 2.96.